The number of rotatable bonds is 2. The molecule has 0 N–H and O–H groups in total. The number of hydrogen-bond donors (Lipinski definition) is 0. The molecule has 0 radical (unpaired) electrons. The highest BCUT2D eigenvalue weighted by molar-refractivity contribution is 9.10. The second kappa shape index (κ2) is 4.67. The summed E-state index contributed by atoms with van der Waals surface area (Å²) >= 11 is 7.25. The van der Waals surface area contributed by atoms with Crippen LogP contribution in [0.25, 0.3) is 0 Å². The van der Waals surface area contributed by atoms with Crippen molar-refractivity contribution < 1.29 is 0 Å². The van der Waals surface area contributed by atoms with E-state index in [9.17, 15) is 0 Å². The molecule has 1 aliphatic carbocycles. The van der Waals surface area contributed by atoms with Crippen molar-refractivity contribution in [2.24, 2.45) is 0 Å². The molecule has 1 aromatic carbocycles. The summed E-state index contributed by atoms with van der Waals surface area (Å²) in [7, 11) is 0. The van der Waals surface area contributed by atoms with Gasteiger partial charge in [0.15, 0.2) is 0 Å². The van der Waals surface area contributed by atoms with Gasteiger partial charge in [0, 0.05) is 4.47 Å². The zero-order valence-corrected chi connectivity index (χ0v) is 11.5. The molecule has 0 aromatic heterocycles. The minimum atomic E-state index is 0.107. The first-order valence-corrected chi connectivity index (χ1v) is 6.54. The Morgan fingerprint density at radius 3 is 2.47 bits per heavy atom. The Kier molecular flexibility index (Phi) is 3.47. The van der Waals surface area contributed by atoms with Gasteiger partial charge in [0.05, 0.1) is 4.32 Å². The highest BCUT2D eigenvalue weighted by Gasteiger charge is 2.23. The lowest BCUT2D eigenvalue weighted by atomic mass is 9.93. The zero-order valence-electron chi connectivity index (χ0n) is 8.29. The maximum Gasteiger partial charge on any atom is 0.0514 e. The summed E-state index contributed by atoms with van der Waals surface area (Å²) in [6.45, 7) is 0. The third-order valence-corrected chi connectivity index (χ3v) is 3.91. The third kappa shape index (κ3) is 3.05. The van der Waals surface area contributed by atoms with Crippen molar-refractivity contribution in [3.05, 3.63) is 58.6 Å². The van der Waals surface area contributed by atoms with Crippen LogP contribution < -0.4 is 0 Å². The molecule has 78 valence electrons. The van der Waals surface area contributed by atoms with E-state index < -0.39 is 0 Å². The van der Waals surface area contributed by atoms with Gasteiger partial charge in [-0.3, -0.25) is 0 Å². The number of alkyl halides is 1. The Bertz CT molecular complexity index is 390. The smallest absolute Gasteiger partial charge is 0.0514 e. The van der Waals surface area contributed by atoms with Gasteiger partial charge in [0.2, 0.25) is 0 Å². The predicted octanol–water partition coefficient (Wildman–Crippen LogP) is 4.64. The number of benzene rings is 1. The van der Waals surface area contributed by atoms with Crippen molar-refractivity contribution in [2.75, 3.05) is 0 Å². The number of allylic oxidation sites excluding steroid dienone is 4. The summed E-state index contributed by atoms with van der Waals surface area (Å²) in [6, 6.07) is 8.51. The van der Waals surface area contributed by atoms with Crippen LogP contribution in [-0.2, 0) is 6.42 Å². The van der Waals surface area contributed by atoms with Gasteiger partial charge in [-0.2, -0.15) is 0 Å². The first-order valence-electron chi connectivity index (χ1n) is 4.96. The summed E-state index contributed by atoms with van der Waals surface area (Å²) in [6.07, 6.45) is 10.7. The molecule has 2 heteroatoms. The first kappa shape index (κ1) is 11.2. The van der Waals surface area contributed by atoms with E-state index in [0.717, 1.165) is 17.3 Å². The number of halogens is 2. The molecule has 0 saturated heterocycles. The largest absolute Gasteiger partial charge is 0.0828 e. The zero-order chi connectivity index (χ0) is 10.7. The fraction of sp³-hybridized carbons (Fsp3) is 0.231. The maximum absolute atomic E-state index is 3.80. The van der Waals surface area contributed by atoms with E-state index in [0.29, 0.717) is 0 Å². The molecule has 0 amide bonds. The minimum absolute atomic E-state index is 0.107. The topological polar surface area (TPSA) is 0 Å². The van der Waals surface area contributed by atoms with Crippen molar-refractivity contribution in [1.82, 2.24) is 0 Å². The van der Waals surface area contributed by atoms with Crippen molar-refractivity contribution in [3.63, 3.8) is 0 Å². The summed E-state index contributed by atoms with van der Waals surface area (Å²) in [5.74, 6) is 0. The average molecular weight is 328 g/mol. The third-order valence-electron chi connectivity index (χ3n) is 2.51. The van der Waals surface area contributed by atoms with Gasteiger partial charge < -0.3 is 0 Å². The van der Waals surface area contributed by atoms with E-state index in [1.807, 2.05) is 0 Å². The van der Waals surface area contributed by atoms with Crippen LogP contribution >= 0.6 is 31.9 Å². The number of hydrogen-bond acceptors (Lipinski definition) is 0. The summed E-state index contributed by atoms with van der Waals surface area (Å²) < 4.78 is 1.24. The van der Waals surface area contributed by atoms with E-state index in [4.69, 9.17) is 0 Å². The van der Waals surface area contributed by atoms with Gasteiger partial charge in [-0.05, 0) is 30.5 Å². The molecule has 2 rings (SSSR count). The van der Waals surface area contributed by atoms with Crippen LogP contribution in [0.1, 0.15) is 12.0 Å². The lowest BCUT2D eigenvalue weighted by Gasteiger charge is -2.24. The fourth-order valence-electron chi connectivity index (χ4n) is 1.71. The molecule has 1 atom stereocenters. The molecule has 0 nitrogen and oxygen atoms in total. The van der Waals surface area contributed by atoms with Gasteiger partial charge in [-0.1, -0.05) is 68.3 Å². The highest BCUT2D eigenvalue weighted by atomic mass is 79.9. The molecular formula is C13H12Br2. The van der Waals surface area contributed by atoms with Crippen LogP contribution in [0.5, 0.6) is 0 Å². The lowest BCUT2D eigenvalue weighted by Crippen LogP contribution is -2.21. The van der Waals surface area contributed by atoms with Gasteiger partial charge in [0.25, 0.3) is 0 Å². The Hall–Kier alpha value is -0.340. The molecule has 0 bridgehead atoms. The van der Waals surface area contributed by atoms with Crippen LogP contribution in [0.2, 0.25) is 0 Å². The first-order chi connectivity index (χ1) is 7.18. The molecule has 1 aliphatic rings. The van der Waals surface area contributed by atoms with E-state index in [1.54, 1.807) is 0 Å². The standard InChI is InChI=1S/C13H12Br2/c14-12-6-4-11(5-7-12)10-13(15)8-2-1-3-9-13/h1-8H,9-10H2. The molecule has 0 saturated carbocycles. The van der Waals surface area contributed by atoms with Crippen LogP contribution in [0.4, 0.5) is 0 Å². The van der Waals surface area contributed by atoms with Crippen molar-refractivity contribution in [2.45, 2.75) is 17.2 Å². The molecule has 15 heavy (non-hydrogen) atoms. The maximum atomic E-state index is 3.80. The Labute approximate surface area is 107 Å². The molecule has 0 fully saturated rings. The van der Waals surface area contributed by atoms with Crippen molar-refractivity contribution >= 4 is 31.9 Å². The minimum Gasteiger partial charge on any atom is -0.0828 e. The van der Waals surface area contributed by atoms with Crippen molar-refractivity contribution in [3.8, 4) is 0 Å². The monoisotopic (exact) mass is 326 g/mol. The molecule has 0 spiro atoms. The lowest BCUT2D eigenvalue weighted by molar-refractivity contribution is 0.725. The summed E-state index contributed by atoms with van der Waals surface area (Å²) in [5.41, 5.74) is 1.36. The predicted molar refractivity (Wildman–Crippen MR) is 72.4 cm³/mol. The van der Waals surface area contributed by atoms with E-state index in [2.05, 4.69) is 80.4 Å². The normalized spacial score (nSPS) is 24.4. The fourth-order valence-corrected chi connectivity index (χ4v) is 2.64. The Morgan fingerprint density at radius 1 is 1.13 bits per heavy atom. The van der Waals surface area contributed by atoms with Gasteiger partial charge in [0.1, 0.15) is 0 Å². The van der Waals surface area contributed by atoms with Gasteiger partial charge in [-0.25, -0.2) is 0 Å². The molecular weight excluding hydrogens is 316 g/mol. The van der Waals surface area contributed by atoms with Crippen LogP contribution in [0.3, 0.4) is 0 Å². The Balaban J connectivity index is 2.11. The molecule has 0 heterocycles. The molecule has 1 aromatic rings. The highest BCUT2D eigenvalue weighted by Crippen LogP contribution is 2.32. The van der Waals surface area contributed by atoms with Crippen LogP contribution in [-0.4, -0.2) is 4.32 Å². The Morgan fingerprint density at radius 2 is 1.87 bits per heavy atom. The SMILES string of the molecule is Brc1ccc(CC2(Br)C=CC=CC2)cc1. The van der Waals surface area contributed by atoms with Crippen LogP contribution in [0, 0.1) is 0 Å². The average Bonchev–Trinajstić information content (AvgIpc) is 2.22. The van der Waals surface area contributed by atoms with Gasteiger partial charge in [-0.15, -0.1) is 0 Å². The van der Waals surface area contributed by atoms with Crippen molar-refractivity contribution in [1.29, 1.82) is 0 Å². The second-order valence-corrected chi connectivity index (χ2v) is 6.32. The quantitative estimate of drug-likeness (QED) is 0.694. The van der Waals surface area contributed by atoms with Crippen LogP contribution in [0.15, 0.2) is 53.0 Å². The van der Waals surface area contributed by atoms with E-state index >= 15 is 0 Å². The van der Waals surface area contributed by atoms with Gasteiger partial charge >= 0.3 is 0 Å². The molecule has 0 aliphatic heterocycles. The van der Waals surface area contributed by atoms with E-state index in [1.165, 1.54) is 5.56 Å². The summed E-state index contributed by atoms with van der Waals surface area (Å²) in [4.78, 5) is 0. The second-order valence-electron chi connectivity index (χ2n) is 3.83. The molecule has 1 unspecified atom stereocenters. The summed E-state index contributed by atoms with van der Waals surface area (Å²) in [5, 5.41) is 0. The van der Waals surface area contributed by atoms with E-state index in [-0.39, 0.29) is 4.32 Å².